The molecule has 3 aromatic rings. The van der Waals surface area contributed by atoms with Crippen LogP contribution in [0.1, 0.15) is 61.1 Å². The number of ketones is 2. The minimum Gasteiger partial charge on any atom is -0.493 e. The Morgan fingerprint density at radius 2 is 1.44 bits per heavy atom. The van der Waals surface area contributed by atoms with Gasteiger partial charge in [-0.1, -0.05) is 71.2 Å². The van der Waals surface area contributed by atoms with E-state index in [0.29, 0.717) is 39.4 Å². The Kier molecular flexibility index (Phi) is 8.85. The average molecular weight is 637 g/mol. The van der Waals surface area contributed by atoms with Crippen LogP contribution in [-0.2, 0) is 22.6 Å². The highest BCUT2D eigenvalue weighted by Gasteiger charge is 2.43. The lowest BCUT2D eigenvalue weighted by Crippen LogP contribution is -2.40. The van der Waals surface area contributed by atoms with Gasteiger partial charge in [-0.3, -0.25) is 9.59 Å². The number of rotatable bonds is 8. The van der Waals surface area contributed by atoms with Crippen molar-refractivity contribution >= 4 is 46.4 Å². The second-order valence-corrected chi connectivity index (χ2v) is 12.4. The number of hydrogen-bond donors (Lipinski definition) is 0. The first kappa shape index (κ1) is 29.8. The molecular weight excluding hydrogens is 605 g/mol. The lowest BCUT2D eigenvalue weighted by molar-refractivity contribution is -0.117. The monoisotopic (exact) mass is 635 g/mol. The molecular formula is C35H32Cl3NO4. The van der Waals surface area contributed by atoms with Gasteiger partial charge in [0, 0.05) is 47.8 Å². The number of halogens is 3. The topological polar surface area (TPSA) is 55.8 Å². The number of ether oxygens (including phenoxy) is 2. The average Bonchev–Trinajstić information content (AvgIpc) is 3.01. The molecule has 0 amide bonds. The zero-order valence-corrected chi connectivity index (χ0v) is 26.2. The summed E-state index contributed by atoms with van der Waals surface area (Å²) in [6.07, 6.45) is 4.96. The molecule has 6 rings (SSSR count). The molecule has 5 nitrogen and oxygen atoms in total. The standard InChI is InChI=1S/C35H32Cl3NO4/c1-42-31-19-23(18-26(38)35(31)43-20-22-13-14-24(36)25(37)17-22)32-33-27(9-5-11-29(33)40)39(16-15-21-7-3-2-4-8-21)28-10-6-12-30(41)34(28)32/h2-4,7-8,13-14,17-19,32H,5-6,9-12,15-16,20H2,1H3. The summed E-state index contributed by atoms with van der Waals surface area (Å²) in [5.74, 6) is 0.512. The molecule has 3 aliphatic rings. The molecule has 8 heteroatoms. The number of carbonyl (C=O) groups excluding carboxylic acids is 2. The van der Waals surface area contributed by atoms with Crippen LogP contribution in [0.3, 0.4) is 0 Å². The zero-order chi connectivity index (χ0) is 30.1. The van der Waals surface area contributed by atoms with Crippen LogP contribution in [0.15, 0.2) is 83.2 Å². The lowest BCUT2D eigenvalue weighted by Gasteiger charge is -2.44. The van der Waals surface area contributed by atoms with Gasteiger partial charge in [-0.25, -0.2) is 0 Å². The van der Waals surface area contributed by atoms with Crippen LogP contribution in [-0.4, -0.2) is 30.1 Å². The summed E-state index contributed by atoms with van der Waals surface area (Å²) in [7, 11) is 1.56. The maximum Gasteiger partial charge on any atom is 0.180 e. The maximum absolute atomic E-state index is 13.7. The molecule has 43 heavy (non-hydrogen) atoms. The normalized spacial score (nSPS) is 17.3. The van der Waals surface area contributed by atoms with Gasteiger partial charge in [-0.15, -0.1) is 0 Å². The fraction of sp³-hybridized carbons (Fsp3) is 0.314. The van der Waals surface area contributed by atoms with Crippen molar-refractivity contribution in [2.24, 2.45) is 0 Å². The van der Waals surface area contributed by atoms with Crippen molar-refractivity contribution in [2.45, 2.75) is 57.5 Å². The molecule has 0 saturated heterocycles. The van der Waals surface area contributed by atoms with Crippen LogP contribution in [0.5, 0.6) is 11.5 Å². The van der Waals surface area contributed by atoms with Crippen molar-refractivity contribution in [3.8, 4) is 11.5 Å². The molecule has 2 aliphatic carbocycles. The molecule has 0 N–H and O–H groups in total. The number of hydrogen-bond acceptors (Lipinski definition) is 5. The molecule has 0 spiro atoms. The van der Waals surface area contributed by atoms with Crippen molar-refractivity contribution in [1.29, 1.82) is 0 Å². The number of allylic oxidation sites excluding steroid dienone is 4. The third-order valence-corrected chi connectivity index (χ3v) is 9.53. The molecule has 0 saturated carbocycles. The van der Waals surface area contributed by atoms with E-state index in [1.807, 2.05) is 36.4 Å². The predicted molar refractivity (Wildman–Crippen MR) is 170 cm³/mol. The van der Waals surface area contributed by atoms with E-state index >= 15 is 0 Å². The third-order valence-electron chi connectivity index (χ3n) is 8.51. The van der Waals surface area contributed by atoms with Crippen molar-refractivity contribution in [1.82, 2.24) is 4.90 Å². The van der Waals surface area contributed by atoms with Gasteiger partial charge >= 0.3 is 0 Å². The molecule has 0 atom stereocenters. The van der Waals surface area contributed by atoms with Crippen molar-refractivity contribution < 1.29 is 19.1 Å². The molecule has 1 heterocycles. The second kappa shape index (κ2) is 12.8. The van der Waals surface area contributed by atoms with Crippen molar-refractivity contribution in [3.05, 3.63) is 115 Å². The van der Waals surface area contributed by atoms with Crippen LogP contribution < -0.4 is 9.47 Å². The Morgan fingerprint density at radius 1 is 0.767 bits per heavy atom. The Hall–Kier alpha value is -3.25. The molecule has 0 unspecified atom stereocenters. The fourth-order valence-corrected chi connectivity index (χ4v) is 7.13. The smallest absolute Gasteiger partial charge is 0.180 e. The van der Waals surface area contributed by atoms with E-state index in [2.05, 4.69) is 17.0 Å². The number of methoxy groups -OCH3 is 1. The van der Waals surface area contributed by atoms with Crippen LogP contribution in [0.2, 0.25) is 15.1 Å². The summed E-state index contributed by atoms with van der Waals surface area (Å²) in [6.45, 7) is 0.925. The van der Waals surface area contributed by atoms with Gasteiger partial charge in [-0.05, 0) is 73.1 Å². The zero-order valence-electron chi connectivity index (χ0n) is 23.9. The van der Waals surface area contributed by atoms with Crippen LogP contribution in [0, 0.1) is 0 Å². The molecule has 1 aliphatic heterocycles. The van der Waals surface area contributed by atoms with E-state index in [-0.39, 0.29) is 18.2 Å². The van der Waals surface area contributed by atoms with E-state index in [0.717, 1.165) is 72.3 Å². The number of benzene rings is 3. The summed E-state index contributed by atoms with van der Waals surface area (Å²) >= 11 is 19.1. The Bertz CT molecular complexity index is 1600. The minimum atomic E-state index is -0.492. The first-order valence-corrected chi connectivity index (χ1v) is 15.8. The van der Waals surface area contributed by atoms with Gasteiger partial charge in [-0.2, -0.15) is 0 Å². The highest BCUT2D eigenvalue weighted by molar-refractivity contribution is 6.42. The highest BCUT2D eigenvalue weighted by atomic mass is 35.5. The van der Waals surface area contributed by atoms with Gasteiger partial charge in [0.2, 0.25) is 0 Å². The quantitative estimate of drug-likeness (QED) is 0.247. The summed E-state index contributed by atoms with van der Waals surface area (Å²) in [6, 6.07) is 19.3. The first-order valence-electron chi connectivity index (χ1n) is 14.6. The maximum atomic E-state index is 13.7. The number of nitrogens with zero attached hydrogens (tertiary/aromatic N) is 1. The summed E-state index contributed by atoms with van der Waals surface area (Å²) < 4.78 is 11.9. The summed E-state index contributed by atoms with van der Waals surface area (Å²) in [4.78, 5) is 29.7. The molecule has 0 radical (unpaired) electrons. The summed E-state index contributed by atoms with van der Waals surface area (Å²) in [5.41, 5.74) is 6.33. The van der Waals surface area contributed by atoms with Gasteiger partial charge in [0.25, 0.3) is 0 Å². The van der Waals surface area contributed by atoms with Gasteiger partial charge in [0.05, 0.1) is 22.2 Å². The van der Waals surface area contributed by atoms with E-state index in [1.54, 1.807) is 19.2 Å². The second-order valence-electron chi connectivity index (χ2n) is 11.2. The molecule has 0 aromatic heterocycles. The van der Waals surface area contributed by atoms with E-state index in [4.69, 9.17) is 44.3 Å². The van der Waals surface area contributed by atoms with Crippen LogP contribution in [0.25, 0.3) is 0 Å². The predicted octanol–water partition coefficient (Wildman–Crippen LogP) is 8.89. The highest BCUT2D eigenvalue weighted by Crippen LogP contribution is 2.51. The number of Topliss-reactive ketones (excluding diaryl/α,β-unsaturated/α-hetero) is 2. The SMILES string of the molecule is COc1cc(C2C3=C(CCCC3=O)N(CCc3ccccc3)C3=C2C(=O)CCC3)cc(Cl)c1OCc1ccc(Cl)c(Cl)c1. The van der Waals surface area contributed by atoms with E-state index in [1.165, 1.54) is 5.56 Å². The van der Waals surface area contributed by atoms with Crippen molar-refractivity contribution in [2.75, 3.05) is 13.7 Å². The van der Waals surface area contributed by atoms with E-state index in [9.17, 15) is 9.59 Å². The van der Waals surface area contributed by atoms with Gasteiger partial charge in [0.15, 0.2) is 23.1 Å². The molecule has 3 aromatic carbocycles. The van der Waals surface area contributed by atoms with Crippen LogP contribution >= 0.6 is 34.8 Å². The summed E-state index contributed by atoms with van der Waals surface area (Å²) in [5, 5.41) is 1.25. The minimum absolute atomic E-state index is 0.0934. The largest absolute Gasteiger partial charge is 0.493 e. The molecule has 0 bridgehead atoms. The molecule has 0 fully saturated rings. The third kappa shape index (κ3) is 5.95. The van der Waals surface area contributed by atoms with Gasteiger partial charge < -0.3 is 14.4 Å². The van der Waals surface area contributed by atoms with Crippen molar-refractivity contribution in [3.63, 3.8) is 0 Å². The lowest BCUT2D eigenvalue weighted by atomic mass is 9.71. The van der Waals surface area contributed by atoms with Crippen LogP contribution in [0.4, 0.5) is 0 Å². The van der Waals surface area contributed by atoms with E-state index < -0.39 is 5.92 Å². The fourth-order valence-electron chi connectivity index (χ4n) is 6.54. The number of carbonyl (C=O) groups is 2. The van der Waals surface area contributed by atoms with Gasteiger partial charge in [0.1, 0.15) is 6.61 Å². The Balaban J connectivity index is 1.40. The Morgan fingerprint density at radius 3 is 2.07 bits per heavy atom. The Labute approximate surface area is 267 Å². The molecule has 222 valence electrons. The first-order chi connectivity index (χ1) is 20.9.